The van der Waals surface area contributed by atoms with Crippen molar-refractivity contribution in [1.82, 2.24) is 0 Å². The smallest absolute Gasteiger partial charge is 0.159 e. The Hall–Kier alpha value is -0.660. The molecular weight excluding hydrogens is 224 g/mol. The highest BCUT2D eigenvalue weighted by atomic mass is 16.2. The van der Waals surface area contributed by atoms with Crippen LogP contribution in [0, 0.1) is 10.8 Å². The van der Waals surface area contributed by atoms with Crippen molar-refractivity contribution < 1.29 is 9.59 Å². The van der Waals surface area contributed by atoms with Crippen LogP contribution in [-0.4, -0.2) is 11.6 Å². The summed E-state index contributed by atoms with van der Waals surface area (Å²) in [6.07, 6.45) is 6.72. The average Bonchev–Trinajstić information content (AvgIpc) is 2.36. The van der Waals surface area contributed by atoms with Gasteiger partial charge in [-0.2, -0.15) is 0 Å². The molecule has 0 aromatic heterocycles. The Morgan fingerprint density at radius 2 is 0.833 bits per heavy atom. The standard InChI is InChI=1S/C16H28O2/c1-5-9-15(10-6-2)13(17)16(11-7-3,12-8-4)14(15)18/h5-12H2,1-4H3. The molecule has 0 aliphatic heterocycles. The summed E-state index contributed by atoms with van der Waals surface area (Å²) < 4.78 is 0. The number of hydrogen-bond donors (Lipinski definition) is 0. The van der Waals surface area contributed by atoms with Gasteiger partial charge >= 0.3 is 0 Å². The second-order valence-corrected chi connectivity index (χ2v) is 5.82. The van der Waals surface area contributed by atoms with Crippen LogP contribution in [0.5, 0.6) is 0 Å². The molecule has 104 valence electrons. The van der Waals surface area contributed by atoms with E-state index in [1.165, 1.54) is 0 Å². The van der Waals surface area contributed by atoms with Gasteiger partial charge in [-0.15, -0.1) is 0 Å². The van der Waals surface area contributed by atoms with Gasteiger partial charge < -0.3 is 0 Å². The highest BCUT2D eigenvalue weighted by molar-refractivity contribution is 6.30. The molecule has 18 heavy (non-hydrogen) atoms. The van der Waals surface area contributed by atoms with Gasteiger partial charge in [0.25, 0.3) is 0 Å². The minimum Gasteiger partial charge on any atom is -0.297 e. The van der Waals surface area contributed by atoms with Crippen molar-refractivity contribution in [3.63, 3.8) is 0 Å². The number of ketones is 2. The summed E-state index contributed by atoms with van der Waals surface area (Å²) in [4.78, 5) is 25.5. The molecule has 1 aliphatic carbocycles. The van der Waals surface area contributed by atoms with E-state index in [-0.39, 0.29) is 11.6 Å². The Labute approximate surface area is 112 Å². The summed E-state index contributed by atoms with van der Waals surface area (Å²) in [6, 6.07) is 0. The fourth-order valence-corrected chi connectivity index (χ4v) is 3.93. The molecule has 0 unspecified atom stereocenters. The van der Waals surface area contributed by atoms with Crippen LogP contribution in [0.15, 0.2) is 0 Å². The van der Waals surface area contributed by atoms with Crippen molar-refractivity contribution in [1.29, 1.82) is 0 Å². The Morgan fingerprint density at radius 1 is 0.611 bits per heavy atom. The number of carbonyl (C=O) groups excluding carboxylic acids is 2. The van der Waals surface area contributed by atoms with Gasteiger partial charge in [0.1, 0.15) is 0 Å². The van der Waals surface area contributed by atoms with Crippen LogP contribution in [0.3, 0.4) is 0 Å². The molecule has 0 aromatic carbocycles. The van der Waals surface area contributed by atoms with Gasteiger partial charge in [-0.1, -0.05) is 53.4 Å². The third kappa shape index (κ3) is 2.04. The maximum Gasteiger partial charge on any atom is 0.159 e. The summed E-state index contributed by atoms with van der Waals surface area (Å²) in [5.74, 6) is 0.541. The molecule has 0 heterocycles. The zero-order chi connectivity index (χ0) is 13.8. The predicted molar refractivity (Wildman–Crippen MR) is 74.5 cm³/mol. The topological polar surface area (TPSA) is 34.1 Å². The lowest BCUT2D eigenvalue weighted by Gasteiger charge is -2.53. The van der Waals surface area contributed by atoms with Crippen molar-refractivity contribution in [3.05, 3.63) is 0 Å². The first-order valence-corrected chi connectivity index (χ1v) is 7.65. The molecule has 0 atom stereocenters. The van der Waals surface area contributed by atoms with E-state index >= 15 is 0 Å². The van der Waals surface area contributed by atoms with Crippen LogP contribution in [0.2, 0.25) is 0 Å². The summed E-state index contributed by atoms with van der Waals surface area (Å²) in [6.45, 7) is 8.27. The third-order valence-electron chi connectivity index (χ3n) is 4.45. The minimum atomic E-state index is -0.603. The van der Waals surface area contributed by atoms with Gasteiger partial charge in [0.15, 0.2) is 11.6 Å². The number of hydrogen-bond acceptors (Lipinski definition) is 2. The third-order valence-corrected chi connectivity index (χ3v) is 4.45. The first-order chi connectivity index (χ1) is 8.55. The molecule has 0 radical (unpaired) electrons. The van der Waals surface area contributed by atoms with Crippen LogP contribution < -0.4 is 0 Å². The van der Waals surface area contributed by atoms with Crippen LogP contribution in [0.4, 0.5) is 0 Å². The normalized spacial score (nSPS) is 20.9. The molecule has 1 aliphatic rings. The van der Waals surface area contributed by atoms with Gasteiger partial charge in [0, 0.05) is 0 Å². The lowest BCUT2D eigenvalue weighted by atomic mass is 9.45. The van der Waals surface area contributed by atoms with Crippen LogP contribution in [-0.2, 0) is 9.59 Å². The molecule has 2 nitrogen and oxygen atoms in total. The maximum atomic E-state index is 12.8. The maximum absolute atomic E-state index is 12.8. The SMILES string of the molecule is CCCC1(CCC)C(=O)C(CCC)(CCC)C1=O. The van der Waals surface area contributed by atoms with E-state index in [0.29, 0.717) is 0 Å². The van der Waals surface area contributed by atoms with E-state index in [2.05, 4.69) is 27.7 Å². The molecule has 0 bridgehead atoms. The van der Waals surface area contributed by atoms with E-state index in [9.17, 15) is 9.59 Å². The summed E-state index contributed by atoms with van der Waals surface area (Å²) in [5.41, 5.74) is -1.21. The predicted octanol–water partition coefficient (Wildman–Crippen LogP) is 4.31. The second kappa shape index (κ2) is 5.99. The molecule has 0 amide bonds. The summed E-state index contributed by atoms with van der Waals surface area (Å²) in [7, 11) is 0. The Balaban J connectivity index is 3.02. The van der Waals surface area contributed by atoms with Crippen LogP contribution in [0.25, 0.3) is 0 Å². The molecule has 0 saturated heterocycles. The van der Waals surface area contributed by atoms with E-state index in [0.717, 1.165) is 51.4 Å². The van der Waals surface area contributed by atoms with E-state index in [1.807, 2.05) is 0 Å². The molecule has 1 fully saturated rings. The van der Waals surface area contributed by atoms with Crippen molar-refractivity contribution in [3.8, 4) is 0 Å². The number of Topliss-reactive ketones (excluding diaryl/α,β-unsaturated/α-hetero) is 2. The fourth-order valence-electron chi connectivity index (χ4n) is 3.93. The lowest BCUT2D eigenvalue weighted by molar-refractivity contribution is -0.174. The van der Waals surface area contributed by atoms with Crippen molar-refractivity contribution in [2.24, 2.45) is 10.8 Å². The first-order valence-electron chi connectivity index (χ1n) is 7.65. The van der Waals surface area contributed by atoms with E-state index < -0.39 is 10.8 Å². The van der Waals surface area contributed by atoms with Gasteiger partial charge in [-0.05, 0) is 25.7 Å². The Bertz CT molecular complexity index is 257. The fraction of sp³-hybridized carbons (Fsp3) is 0.875. The molecule has 0 spiro atoms. The quantitative estimate of drug-likeness (QED) is 0.603. The Kier molecular flexibility index (Phi) is 5.12. The molecular formula is C16H28O2. The lowest BCUT2D eigenvalue weighted by Crippen LogP contribution is -2.66. The van der Waals surface area contributed by atoms with Crippen molar-refractivity contribution in [2.75, 3.05) is 0 Å². The van der Waals surface area contributed by atoms with Gasteiger partial charge in [-0.25, -0.2) is 0 Å². The van der Waals surface area contributed by atoms with E-state index in [4.69, 9.17) is 0 Å². The number of rotatable bonds is 8. The highest BCUT2D eigenvalue weighted by Gasteiger charge is 2.68. The zero-order valence-electron chi connectivity index (χ0n) is 12.5. The van der Waals surface area contributed by atoms with Crippen molar-refractivity contribution in [2.45, 2.75) is 79.1 Å². The highest BCUT2D eigenvalue weighted by Crippen LogP contribution is 2.56. The van der Waals surface area contributed by atoms with Gasteiger partial charge in [0.05, 0.1) is 10.8 Å². The van der Waals surface area contributed by atoms with E-state index in [1.54, 1.807) is 0 Å². The summed E-state index contributed by atoms with van der Waals surface area (Å²) >= 11 is 0. The first kappa shape index (κ1) is 15.4. The number of carbonyl (C=O) groups is 2. The molecule has 0 N–H and O–H groups in total. The monoisotopic (exact) mass is 252 g/mol. The largest absolute Gasteiger partial charge is 0.297 e. The average molecular weight is 252 g/mol. The Morgan fingerprint density at radius 3 is 1.00 bits per heavy atom. The van der Waals surface area contributed by atoms with Gasteiger partial charge in [0.2, 0.25) is 0 Å². The molecule has 1 rings (SSSR count). The van der Waals surface area contributed by atoms with Crippen molar-refractivity contribution >= 4 is 11.6 Å². The van der Waals surface area contributed by atoms with Crippen LogP contribution in [0.1, 0.15) is 79.1 Å². The van der Waals surface area contributed by atoms with Crippen LogP contribution >= 0.6 is 0 Å². The molecule has 1 saturated carbocycles. The molecule has 0 aromatic rings. The second-order valence-electron chi connectivity index (χ2n) is 5.82. The van der Waals surface area contributed by atoms with Gasteiger partial charge in [-0.3, -0.25) is 9.59 Å². The zero-order valence-corrected chi connectivity index (χ0v) is 12.5. The molecule has 2 heteroatoms. The minimum absolute atomic E-state index is 0.271. The summed E-state index contributed by atoms with van der Waals surface area (Å²) in [5, 5.41) is 0.